The van der Waals surface area contributed by atoms with E-state index < -0.39 is 0 Å². The lowest BCUT2D eigenvalue weighted by atomic mass is 9.83. The Morgan fingerprint density at radius 1 is 1.02 bits per heavy atom. The second kappa shape index (κ2) is 11.7. The summed E-state index contributed by atoms with van der Waals surface area (Å²) in [6, 6.07) is 24.3. The van der Waals surface area contributed by atoms with Crippen molar-refractivity contribution in [3.05, 3.63) is 112 Å². The number of nitrogens with zero attached hydrogens (tertiary/aromatic N) is 1. The number of carbonyl (C=O) groups is 2. The summed E-state index contributed by atoms with van der Waals surface area (Å²) in [5.41, 5.74) is 4.16. The van der Waals surface area contributed by atoms with E-state index in [1.54, 1.807) is 23.9 Å². The highest BCUT2D eigenvalue weighted by Gasteiger charge is 2.44. The van der Waals surface area contributed by atoms with Gasteiger partial charge in [-0.05, 0) is 66.6 Å². The Morgan fingerprint density at radius 3 is 2.62 bits per heavy atom. The average molecular weight is 554 g/mol. The van der Waals surface area contributed by atoms with Crippen LogP contribution in [0.3, 0.4) is 0 Å². The van der Waals surface area contributed by atoms with E-state index >= 15 is 0 Å². The Hall–Kier alpha value is -3.84. The number of aromatic nitrogens is 1. The predicted octanol–water partition coefficient (Wildman–Crippen LogP) is 6.32. The number of rotatable bonds is 7. The highest BCUT2D eigenvalue weighted by atomic mass is 32.2. The normalized spacial score (nSPS) is 21.9. The number of para-hydroxylation sites is 1. The minimum Gasteiger partial charge on any atom is -0.361 e. The molecule has 2 aliphatic rings. The largest absolute Gasteiger partial charge is 0.361 e. The van der Waals surface area contributed by atoms with Crippen molar-refractivity contribution < 1.29 is 14.0 Å². The number of amides is 2. The van der Waals surface area contributed by atoms with Crippen LogP contribution in [0.1, 0.15) is 36.0 Å². The average Bonchev–Trinajstić information content (AvgIpc) is 3.39. The SMILES string of the molecule is O=C(NCCc1c[nH]c2ccccc12)C1CCC2S/C(=C\c3ccccc3)C(=O)N(Cc3ccc(F)cc3)C2C1. The maximum atomic E-state index is 13.8. The van der Waals surface area contributed by atoms with Crippen molar-refractivity contribution in [3.63, 3.8) is 0 Å². The number of thioether (sulfide) groups is 1. The van der Waals surface area contributed by atoms with E-state index in [0.29, 0.717) is 19.5 Å². The van der Waals surface area contributed by atoms with Crippen LogP contribution in [0.15, 0.2) is 90.0 Å². The summed E-state index contributed by atoms with van der Waals surface area (Å²) in [6.07, 6.45) is 7.01. The van der Waals surface area contributed by atoms with Gasteiger partial charge in [-0.3, -0.25) is 9.59 Å². The number of benzene rings is 3. The molecule has 3 aromatic carbocycles. The third-order valence-corrected chi connectivity index (χ3v) is 9.41. The van der Waals surface area contributed by atoms with Crippen molar-refractivity contribution in [1.82, 2.24) is 15.2 Å². The van der Waals surface area contributed by atoms with Crippen LogP contribution in [-0.4, -0.2) is 39.5 Å². The van der Waals surface area contributed by atoms with Crippen LogP contribution in [0.4, 0.5) is 4.39 Å². The molecule has 3 unspecified atom stereocenters. The van der Waals surface area contributed by atoms with Crippen molar-refractivity contribution in [3.8, 4) is 0 Å². The van der Waals surface area contributed by atoms with Gasteiger partial charge in [-0.2, -0.15) is 0 Å². The molecule has 40 heavy (non-hydrogen) atoms. The summed E-state index contributed by atoms with van der Waals surface area (Å²) in [5, 5.41) is 4.56. The maximum Gasteiger partial charge on any atom is 0.260 e. The van der Waals surface area contributed by atoms with Crippen LogP contribution in [-0.2, 0) is 22.6 Å². The van der Waals surface area contributed by atoms with E-state index in [4.69, 9.17) is 0 Å². The van der Waals surface area contributed by atoms with E-state index in [-0.39, 0.29) is 34.8 Å². The molecular weight excluding hydrogens is 521 g/mol. The molecule has 3 atom stereocenters. The summed E-state index contributed by atoms with van der Waals surface area (Å²) in [5.74, 6) is -0.412. The molecular formula is C33H32FN3O2S. The predicted molar refractivity (Wildman–Crippen MR) is 159 cm³/mol. The minimum absolute atomic E-state index is 0.0279. The first-order valence-electron chi connectivity index (χ1n) is 13.9. The maximum absolute atomic E-state index is 13.8. The Bertz CT molecular complexity index is 1530. The smallest absolute Gasteiger partial charge is 0.260 e. The Morgan fingerprint density at radius 2 is 1.80 bits per heavy atom. The van der Waals surface area contributed by atoms with Crippen molar-refractivity contribution in [2.24, 2.45) is 5.92 Å². The minimum atomic E-state index is -0.297. The zero-order valence-electron chi connectivity index (χ0n) is 22.2. The zero-order valence-corrected chi connectivity index (χ0v) is 23.0. The molecule has 1 aliphatic carbocycles. The number of halogens is 1. The second-order valence-corrected chi connectivity index (χ2v) is 11.9. The Kier molecular flexibility index (Phi) is 7.73. The molecule has 6 rings (SSSR count). The molecule has 4 aromatic rings. The van der Waals surface area contributed by atoms with Gasteiger partial charge in [0.25, 0.3) is 5.91 Å². The van der Waals surface area contributed by atoms with E-state index in [1.165, 1.54) is 23.1 Å². The first-order valence-corrected chi connectivity index (χ1v) is 14.7. The van der Waals surface area contributed by atoms with E-state index in [0.717, 1.165) is 40.8 Å². The van der Waals surface area contributed by atoms with Gasteiger partial charge in [0, 0.05) is 47.4 Å². The Labute approximate surface area is 237 Å². The molecule has 0 radical (unpaired) electrons. The van der Waals surface area contributed by atoms with Gasteiger partial charge in [-0.25, -0.2) is 4.39 Å². The number of hydrogen-bond acceptors (Lipinski definition) is 3. The molecule has 5 nitrogen and oxygen atoms in total. The quantitative estimate of drug-likeness (QED) is 0.263. The third kappa shape index (κ3) is 5.70. The van der Waals surface area contributed by atoms with Gasteiger partial charge in [0.05, 0.1) is 4.91 Å². The van der Waals surface area contributed by atoms with Crippen LogP contribution in [0, 0.1) is 11.7 Å². The highest BCUT2D eigenvalue weighted by molar-refractivity contribution is 8.04. The number of carbonyl (C=O) groups excluding carboxylic acids is 2. The second-order valence-electron chi connectivity index (χ2n) is 10.6. The third-order valence-electron chi connectivity index (χ3n) is 8.01. The standard InChI is InChI=1S/C33H32FN3O2S/c34-26-13-10-23(11-14-26)21-37-29-19-24(32(38)35-17-16-25-20-36-28-9-5-4-8-27(25)28)12-15-30(29)40-31(33(37)39)18-22-6-2-1-3-7-22/h1-11,13-14,18,20,24,29-30,36H,12,15-17,19,21H2,(H,35,38)/b31-18-. The molecule has 1 saturated heterocycles. The molecule has 7 heteroatoms. The van der Waals surface area contributed by atoms with Gasteiger partial charge in [-0.1, -0.05) is 60.7 Å². The van der Waals surface area contributed by atoms with Gasteiger partial charge in [0.1, 0.15) is 5.82 Å². The van der Waals surface area contributed by atoms with Crippen LogP contribution < -0.4 is 5.32 Å². The summed E-state index contributed by atoms with van der Waals surface area (Å²) >= 11 is 1.64. The molecule has 2 amide bonds. The molecule has 2 N–H and O–H groups in total. The first-order chi connectivity index (χ1) is 19.5. The van der Waals surface area contributed by atoms with Crippen molar-refractivity contribution in [2.75, 3.05) is 6.54 Å². The molecule has 2 fully saturated rings. The number of fused-ring (bicyclic) bond motifs is 2. The summed E-state index contributed by atoms with van der Waals surface area (Å²) in [7, 11) is 0. The fourth-order valence-electron chi connectivity index (χ4n) is 5.90. The number of aromatic amines is 1. The molecule has 204 valence electrons. The van der Waals surface area contributed by atoms with Gasteiger partial charge in [-0.15, -0.1) is 11.8 Å². The molecule has 0 spiro atoms. The number of H-pyrrole nitrogens is 1. The van der Waals surface area contributed by atoms with E-state index in [9.17, 15) is 14.0 Å². The molecule has 1 saturated carbocycles. The first kappa shape index (κ1) is 26.4. The fourth-order valence-corrected chi connectivity index (χ4v) is 7.32. The van der Waals surface area contributed by atoms with Crippen LogP contribution in [0.25, 0.3) is 17.0 Å². The highest BCUT2D eigenvalue weighted by Crippen LogP contribution is 2.44. The van der Waals surface area contributed by atoms with Crippen LogP contribution in [0.2, 0.25) is 0 Å². The van der Waals surface area contributed by atoms with Gasteiger partial charge >= 0.3 is 0 Å². The van der Waals surface area contributed by atoms with Crippen LogP contribution >= 0.6 is 11.8 Å². The molecule has 2 heterocycles. The zero-order chi connectivity index (χ0) is 27.5. The van der Waals surface area contributed by atoms with Gasteiger partial charge in [0.15, 0.2) is 0 Å². The summed E-state index contributed by atoms with van der Waals surface area (Å²) in [4.78, 5) is 33.0. The lowest BCUT2D eigenvalue weighted by Gasteiger charge is -2.46. The monoisotopic (exact) mass is 553 g/mol. The van der Waals surface area contributed by atoms with Gasteiger partial charge < -0.3 is 15.2 Å². The lowest BCUT2D eigenvalue weighted by Crippen LogP contribution is -2.53. The molecule has 0 bridgehead atoms. The Balaban J connectivity index is 1.16. The molecule has 1 aliphatic heterocycles. The van der Waals surface area contributed by atoms with E-state index in [2.05, 4.69) is 22.4 Å². The van der Waals surface area contributed by atoms with Crippen LogP contribution in [0.5, 0.6) is 0 Å². The summed E-state index contributed by atoms with van der Waals surface area (Å²) < 4.78 is 13.6. The topological polar surface area (TPSA) is 65.2 Å². The fraction of sp³-hybridized carbons (Fsp3) is 0.273. The number of nitrogens with one attached hydrogen (secondary N) is 2. The molecule has 1 aromatic heterocycles. The van der Waals surface area contributed by atoms with Crippen molar-refractivity contribution >= 4 is 40.6 Å². The van der Waals surface area contributed by atoms with E-state index in [1.807, 2.05) is 59.6 Å². The van der Waals surface area contributed by atoms with Crippen molar-refractivity contribution in [2.45, 2.75) is 43.5 Å². The van der Waals surface area contributed by atoms with Gasteiger partial charge in [0.2, 0.25) is 5.91 Å². The summed E-state index contributed by atoms with van der Waals surface area (Å²) in [6.45, 7) is 0.962. The van der Waals surface area contributed by atoms with Crippen molar-refractivity contribution in [1.29, 1.82) is 0 Å². The lowest BCUT2D eigenvalue weighted by molar-refractivity contribution is -0.133. The number of hydrogen-bond donors (Lipinski definition) is 2.